The number of alkyl halides is 2. The molecule has 0 bridgehead atoms. The van der Waals surface area contributed by atoms with Crippen molar-refractivity contribution in [2.45, 2.75) is 20.3 Å². The molecule has 1 nitrogen and oxygen atoms in total. The van der Waals surface area contributed by atoms with E-state index < -0.39 is 0 Å². The minimum absolute atomic E-state index is 0.403. The van der Waals surface area contributed by atoms with Crippen molar-refractivity contribution < 1.29 is 4.74 Å². The molecule has 74 valence electrons. The van der Waals surface area contributed by atoms with Gasteiger partial charge in [0.15, 0.2) is 0 Å². The third kappa shape index (κ3) is 7.20. The number of ether oxygens (including phenoxy) is 1. The highest BCUT2D eigenvalue weighted by Gasteiger charge is 2.05. The van der Waals surface area contributed by atoms with E-state index in [1.807, 2.05) is 0 Å². The Hall–Kier alpha value is 0.540. The summed E-state index contributed by atoms with van der Waals surface area (Å²) in [5.74, 6) is 2.28. The van der Waals surface area contributed by atoms with Gasteiger partial charge in [-0.25, -0.2) is 0 Å². The average molecular weight is 213 g/mol. The van der Waals surface area contributed by atoms with Crippen molar-refractivity contribution >= 4 is 23.2 Å². The molecule has 3 heteroatoms. The van der Waals surface area contributed by atoms with Crippen molar-refractivity contribution in [1.29, 1.82) is 0 Å². The van der Waals surface area contributed by atoms with Crippen molar-refractivity contribution in [3.8, 4) is 0 Å². The fourth-order valence-electron chi connectivity index (χ4n) is 0.765. The van der Waals surface area contributed by atoms with Crippen LogP contribution in [0.15, 0.2) is 0 Å². The highest BCUT2D eigenvalue weighted by atomic mass is 35.5. The lowest BCUT2D eigenvalue weighted by Crippen LogP contribution is -2.10. The van der Waals surface area contributed by atoms with Crippen LogP contribution in [0.5, 0.6) is 0 Å². The summed E-state index contributed by atoms with van der Waals surface area (Å²) in [5.41, 5.74) is 0. The fourth-order valence-corrected chi connectivity index (χ4v) is 1.40. The van der Waals surface area contributed by atoms with Gasteiger partial charge >= 0.3 is 0 Å². The van der Waals surface area contributed by atoms with Gasteiger partial charge in [0.25, 0.3) is 0 Å². The normalized spacial score (nSPS) is 11.5. The van der Waals surface area contributed by atoms with Crippen LogP contribution >= 0.6 is 23.2 Å². The first kappa shape index (κ1) is 12.5. The van der Waals surface area contributed by atoms with Crippen LogP contribution in [0.25, 0.3) is 0 Å². The van der Waals surface area contributed by atoms with Gasteiger partial charge in [-0.2, -0.15) is 0 Å². The van der Waals surface area contributed by atoms with Gasteiger partial charge in [-0.15, -0.1) is 23.2 Å². The van der Waals surface area contributed by atoms with Crippen LogP contribution in [0.2, 0.25) is 0 Å². The van der Waals surface area contributed by atoms with Crippen molar-refractivity contribution in [2.24, 2.45) is 11.8 Å². The summed E-state index contributed by atoms with van der Waals surface area (Å²) >= 11 is 11.3. The molecule has 0 aliphatic heterocycles. The maximum absolute atomic E-state index is 5.67. The van der Waals surface area contributed by atoms with Gasteiger partial charge in [0.2, 0.25) is 0 Å². The molecule has 0 atom stereocenters. The van der Waals surface area contributed by atoms with Crippen LogP contribution < -0.4 is 0 Å². The van der Waals surface area contributed by atoms with Crippen LogP contribution in [-0.2, 0) is 4.74 Å². The molecule has 0 aliphatic rings. The van der Waals surface area contributed by atoms with Crippen molar-refractivity contribution in [3.05, 3.63) is 0 Å². The second kappa shape index (κ2) is 8.15. The highest BCUT2D eigenvalue weighted by Crippen LogP contribution is 2.08. The zero-order valence-corrected chi connectivity index (χ0v) is 9.37. The van der Waals surface area contributed by atoms with Crippen LogP contribution in [0.4, 0.5) is 0 Å². The molecule has 0 aromatic heterocycles. The molecule has 0 saturated carbocycles. The molecule has 0 unspecified atom stereocenters. The van der Waals surface area contributed by atoms with Gasteiger partial charge in [0.1, 0.15) is 0 Å². The molecular formula is C9H18Cl2O. The van der Waals surface area contributed by atoms with Gasteiger partial charge in [-0.1, -0.05) is 13.8 Å². The maximum Gasteiger partial charge on any atom is 0.0488 e. The van der Waals surface area contributed by atoms with E-state index in [0.29, 0.717) is 23.6 Å². The molecule has 0 heterocycles. The van der Waals surface area contributed by atoms with Crippen molar-refractivity contribution in [2.75, 3.05) is 25.0 Å². The van der Waals surface area contributed by atoms with E-state index in [1.165, 1.54) is 0 Å². The molecule has 0 aliphatic carbocycles. The zero-order chi connectivity index (χ0) is 9.40. The van der Waals surface area contributed by atoms with E-state index in [4.69, 9.17) is 27.9 Å². The molecule has 0 N–H and O–H groups in total. The Labute approximate surface area is 85.4 Å². The van der Waals surface area contributed by atoms with E-state index in [2.05, 4.69) is 13.8 Å². The fraction of sp³-hybridized carbons (Fsp3) is 1.00. The van der Waals surface area contributed by atoms with E-state index in [-0.39, 0.29) is 0 Å². The van der Waals surface area contributed by atoms with Gasteiger partial charge in [-0.05, 0) is 18.3 Å². The number of rotatable bonds is 7. The molecule has 12 heavy (non-hydrogen) atoms. The first-order valence-electron chi connectivity index (χ1n) is 4.40. The Morgan fingerprint density at radius 2 is 1.75 bits per heavy atom. The van der Waals surface area contributed by atoms with E-state index >= 15 is 0 Å². The summed E-state index contributed by atoms with van der Waals surface area (Å²) < 4.78 is 5.41. The lowest BCUT2D eigenvalue weighted by molar-refractivity contribution is 0.101. The maximum atomic E-state index is 5.67. The first-order chi connectivity index (χ1) is 5.70. The number of hydrogen-bond donors (Lipinski definition) is 0. The summed E-state index contributed by atoms with van der Waals surface area (Å²) in [4.78, 5) is 0. The van der Waals surface area contributed by atoms with E-state index in [1.54, 1.807) is 0 Å². The van der Waals surface area contributed by atoms with Crippen LogP contribution in [0, 0.1) is 11.8 Å². The Morgan fingerprint density at radius 3 is 2.17 bits per heavy atom. The van der Waals surface area contributed by atoms with Gasteiger partial charge in [0, 0.05) is 25.0 Å². The highest BCUT2D eigenvalue weighted by molar-refractivity contribution is 6.20. The van der Waals surface area contributed by atoms with Gasteiger partial charge in [-0.3, -0.25) is 0 Å². The number of hydrogen-bond acceptors (Lipinski definition) is 1. The molecule has 0 saturated heterocycles. The predicted molar refractivity (Wildman–Crippen MR) is 55.2 cm³/mol. The molecule has 0 aromatic rings. The largest absolute Gasteiger partial charge is 0.381 e. The Morgan fingerprint density at radius 1 is 1.17 bits per heavy atom. The summed E-state index contributed by atoms with van der Waals surface area (Å²) in [6, 6.07) is 0. The Bertz CT molecular complexity index is 92.5. The summed E-state index contributed by atoms with van der Waals surface area (Å²) in [6.45, 7) is 5.89. The van der Waals surface area contributed by atoms with Crippen LogP contribution in [0.3, 0.4) is 0 Å². The minimum Gasteiger partial charge on any atom is -0.381 e. The number of halogens is 2. The minimum atomic E-state index is 0.403. The molecule has 0 fully saturated rings. The molecule has 0 aromatic carbocycles. The third-order valence-electron chi connectivity index (χ3n) is 1.56. The van der Waals surface area contributed by atoms with E-state index in [9.17, 15) is 0 Å². The van der Waals surface area contributed by atoms with Crippen LogP contribution in [-0.4, -0.2) is 25.0 Å². The van der Waals surface area contributed by atoms with Crippen molar-refractivity contribution in [1.82, 2.24) is 0 Å². The monoisotopic (exact) mass is 212 g/mol. The van der Waals surface area contributed by atoms with Crippen LogP contribution in [0.1, 0.15) is 20.3 Å². The first-order valence-corrected chi connectivity index (χ1v) is 5.47. The topological polar surface area (TPSA) is 9.23 Å². The molecular weight excluding hydrogens is 195 g/mol. The summed E-state index contributed by atoms with van der Waals surface area (Å²) in [5, 5.41) is 0. The quantitative estimate of drug-likeness (QED) is 0.466. The van der Waals surface area contributed by atoms with Gasteiger partial charge in [0.05, 0.1) is 0 Å². The predicted octanol–water partition coefficient (Wildman–Crippen LogP) is 3.14. The second-order valence-electron chi connectivity index (χ2n) is 3.43. The van der Waals surface area contributed by atoms with Crippen molar-refractivity contribution in [3.63, 3.8) is 0 Å². The third-order valence-corrected chi connectivity index (χ3v) is 2.43. The SMILES string of the molecule is CC(C)COCCC(CCl)CCl. The van der Waals surface area contributed by atoms with E-state index in [0.717, 1.165) is 19.6 Å². The van der Waals surface area contributed by atoms with Gasteiger partial charge < -0.3 is 4.74 Å². The molecule has 0 spiro atoms. The molecule has 0 radical (unpaired) electrons. The summed E-state index contributed by atoms with van der Waals surface area (Å²) in [6.07, 6.45) is 0.972. The second-order valence-corrected chi connectivity index (χ2v) is 4.05. The average Bonchev–Trinajstić information content (AvgIpc) is 2.04. The standard InChI is InChI=1S/C9H18Cl2O/c1-8(2)7-12-4-3-9(5-10)6-11/h8-9H,3-7H2,1-2H3. The lowest BCUT2D eigenvalue weighted by atomic mass is 10.1. The smallest absolute Gasteiger partial charge is 0.0488 e. The molecule has 0 rings (SSSR count). The Balaban J connectivity index is 3.17. The summed E-state index contributed by atoms with van der Waals surface area (Å²) in [7, 11) is 0. The molecule has 0 amide bonds. The lowest BCUT2D eigenvalue weighted by Gasteiger charge is -2.11. The Kier molecular flexibility index (Phi) is 8.52. The zero-order valence-electron chi connectivity index (χ0n) is 7.85.